The summed E-state index contributed by atoms with van der Waals surface area (Å²) in [7, 11) is 0. The Balaban J connectivity index is 1.69. The average molecular weight is 370 g/mol. The molecule has 2 aromatic rings. The standard InChI is InChI=1S/C20H22N2O3S/c1-2-25-19(24)20(10-14-6-4-3-5-7-14)11-15-8-9-17(20)22(15)18(23)16-12-21-13-26-16/h3-7,12-13,15,17H,2,8-11H2,1H3/t15-,17+,20+/m1/s1. The number of nitrogens with zero attached hydrogens (tertiary/aromatic N) is 2. The number of hydrogen-bond acceptors (Lipinski definition) is 5. The Bertz CT molecular complexity index is 793. The second-order valence-corrected chi connectivity index (χ2v) is 7.95. The highest BCUT2D eigenvalue weighted by molar-refractivity contribution is 7.11. The van der Waals surface area contributed by atoms with Crippen LogP contribution in [-0.4, -0.2) is 40.5 Å². The number of amides is 1. The molecule has 2 aliphatic heterocycles. The molecule has 26 heavy (non-hydrogen) atoms. The summed E-state index contributed by atoms with van der Waals surface area (Å²) in [6, 6.07) is 10.0. The first-order chi connectivity index (χ1) is 12.7. The van der Waals surface area contributed by atoms with E-state index in [0.717, 1.165) is 18.4 Å². The number of esters is 1. The van der Waals surface area contributed by atoms with E-state index in [9.17, 15) is 9.59 Å². The number of aromatic nitrogens is 1. The fraction of sp³-hybridized carbons (Fsp3) is 0.450. The van der Waals surface area contributed by atoms with Crippen molar-refractivity contribution in [2.24, 2.45) is 5.41 Å². The second-order valence-electron chi connectivity index (χ2n) is 7.07. The van der Waals surface area contributed by atoms with Crippen molar-refractivity contribution in [2.75, 3.05) is 6.61 Å². The van der Waals surface area contributed by atoms with Crippen LogP contribution in [0, 0.1) is 5.41 Å². The first-order valence-electron chi connectivity index (χ1n) is 9.08. The van der Waals surface area contributed by atoms with Crippen LogP contribution in [0.2, 0.25) is 0 Å². The van der Waals surface area contributed by atoms with Crippen molar-refractivity contribution in [1.82, 2.24) is 9.88 Å². The molecule has 2 saturated heterocycles. The van der Waals surface area contributed by atoms with Gasteiger partial charge in [0.25, 0.3) is 5.91 Å². The Labute approximate surface area is 157 Å². The number of carbonyl (C=O) groups excluding carboxylic acids is 2. The van der Waals surface area contributed by atoms with Gasteiger partial charge in [-0.05, 0) is 38.2 Å². The Morgan fingerprint density at radius 2 is 2.12 bits per heavy atom. The summed E-state index contributed by atoms with van der Waals surface area (Å²) in [5, 5.41) is 0. The smallest absolute Gasteiger partial charge is 0.314 e. The number of thiazole rings is 1. The van der Waals surface area contributed by atoms with Crippen molar-refractivity contribution in [1.29, 1.82) is 0 Å². The molecule has 1 aromatic heterocycles. The van der Waals surface area contributed by atoms with E-state index in [2.05, 4.69) is 4.98 Å². The Morgan fingerprint density at radius 1 is 1.31 bits per heavy atom. The van der Waals surface area contributed by atoms with Gasteiger partial charge >= 0.3 is 5.97 Å². The van der Waals surface area contributed by atoms with Crippen LogP contribution in [0.25, 0.3) is 0 Å². The Hall–Kier alpha value is -2.21. The lowest BCUT2D eigenvalue weighted by atomic mass is 9.70. The average Bonchev–Trinajstić information content (AvgIpc) is 3.38. The normalized spacial score (nSPS) is 26.9. The van der Waals surface area contributed by atoms with Gasteiger partial charge in [0.2, 0.25) is 0 Å². The predicted molar refractivity (Wildman–Crippen MR) is 98.9 cm³/mol. The summed E-state index contributed by atoms with van der Waals surface area (Å²) in [6.07, 6.45) is 4.70. The van der Waals surface area contributed by atoms with Crippen LogP contribution < -0.4 is 0 Å². The first kappa shape index (κ1) is 17.2. The predicted octanol–water partition coefficient (Wildman–Crippen LogP) is 3.31. The molecule has 0 radical (unpaired) electrons. The number of carbonyl (C=O) groups is 2. The minimum absolute atomic E-state index is 0.000708. The van der Waals surface area contributed by atoms with E-state index in [1.807, 2.05) is 42.2 Å². The number of ether oxygens (including phenoxy) is 1. The molecule has 0 aliphatic carbocycles. The molecule has 2 fully saturated rings. The maximum absolute atomic E-state index is 13.0. The van der Waals surface area contributed by atoms with Crippen LogP contribution in [0.15, 0.2) is 42.0 Å². The molecule has 3 atom stereocenters. The van der Waals surface area contributed by atoms with Gasteiger partial charge in [0, 0.05) is 12.1 Å². The van der Waals surface area contributed by atoms with Gasteiger partial charge in [0.05, 0.1) is 23.7 Å². The molecule has 6 heteroatoms. The molecule has 2 aliphatic rings. The van der Waals surface area contributed by atoms with Gasteiger partial charge in [-0.1, -0.05) is 30.3 Å². The number of benzene rings is 1. The van der Waals surface area contributed by atoms with Gasteiger partial charge in [-0.15, -0.1) is 11.3 Å². The molecule has 0 unspecified atom stereocenters. The van der Waals surface area contributed by atoms with Crippen LogP contribution in [0.4, 0.5) is 0 Å². The molecule has 1 amide bonds. The lowest BCUT2D eigenvalue weighted by molar-refractivity contribution is -0.157. The van der Waals surface area contributed by atoms with Gasteiger partial charge in [-0.2, -0.15) is 0 Å². The monoisotopic (exact) mass is 370 g/mol. The highest BCUT2D eigenvalue weighted by atomic mass is 32.1. The van der Waals surface area contributed by atoms with Crippen molar-refractivity contribution >= 4 is 23.2 Å². The quantitative estimate of drug-likeness (QED) is 0.758. The zero-order chi connectivity index (χ0) is 18.1. The van der Waals surface area contributed by atoms with Crippen LogP contribution in [0.1, 0.15) is 41.4 Å². The molecule has 0 saturated carbocycles. The highest BCUT2D eigenvalue weighted by Gasteiger charge is 2.62. The molecule has 0 spiro atoms. The van der Waals surface area contributed by atoms with E-state index in [1.54, 1.807) is 11.7 Å². The van der Waals surface area contributed by atoms with E-state index in [4.69, 9.17) is 4.74 Å². The van der Waals surface area contributed by atoms with Crippen LogP contribution in [-0.2, 0) is 16.0 Å². The van der Waals surface area contributed by atoms with Crippen molar-refractivity contribution in [3.05, 3.63) is 52.5 Å². The third kappa shape index (κ3) is 2.72. The van der Waals surface area contributed by atoms with Crippen molar-refractivity contribution in [3.63, 3.8) is 0 Å². The SMILES string of the molecule is CCOC(=O)[C@@]1(Cc2ccccc2)C[C@H]2CC[C@@H]1N2C(=O)c1cncs1. The van der Waals surface area contributed by atoms with Gasteiger partial charge in [-0.25, -0.2) is 0 Å². The summed E-state index contributed by atoms with van der Waals surface area (Å²) >= 11 is 1.35. The minimum atomic E-state index is -0.652. The maximum Gasteiger partial charge on any atom is 0.314 e. The lowest BCUT2D eigenvalue weighted by Gasteiger charge is -2.35. The largest absolute Gasteiger partial charge is 0.465 e. The third-order valence-electron chi connectivity index (χ3n) is 5.66. The molecule has 3 heterocycles. The molecule has 0 N–H and O–H groups in total. The molecule has 2 bridgehead atoms. The van der Waals surface area contributed by atoms with E-state index >= 15 is 0 Å². The minimum Gasteiger partial charge on any atom is -0.465 e. The topological polar surface area (TPSA) is 59.5 Å². The van der Waals surface area contributed by atoms with E-state index < -0.39 is 5.41 Å². The summed E-state index contributed by atoms with van der Waals surface area (Å²) in [6.45, 7) is 2.19. The van der Waals surface area contributed by atoms with Crippen molar-refractivity contribution in [3.8, 4) is 0 Å². The molecule has 136 valence electrons. The van der Waals surface area contributed by atoms with Crippen LogP contribution in [0.5, 0.6) is 0 Å². The molecule has 1 aromatic carbocycles. The van der Waals surface area contributed by atoms with E-state index in [0.29, 0.717) is 24.3 Å². The number of fused-ring (bicyclic) bond motifs is 2. The molecular weight excluding hydrogens is 348 g/mol. The second kappa shape index (κ2) is 6.83. The number of hydrogen-bond donors (Lipinski definition) is 0. The van der Waals surface area contributed by atoms with Gasteiger partial charge in [0.1, 0.15) is 4.88 Å². The van der Waals surface area contributed by atoms with Crippen LogP contribution in [0.3, 0.4) is 0 Å². The summed E-state index contributed by atoms with van der Waals surface area (Å²) < 4.78 is 5.49. The molecular formula is C20H22N2O3S. The van der Waals surface area contributed by atoms with E-state index in [1.165, 1.54) is 11.3 Å². The first-order valence-corrected chi connectivity index (χ1v) is 9.96. The molecule has 4 rings (SSSR count). The zero-order valence-corrected chi connectivity index (χ0v) is 15.6. The summed E-state index contributed by atoms with van der Waals surface area (Å²) in [5.74, 6) is -0.169. The van der Waals surface area contributed by atoms with E-state index in [-0.39, 0.29) is 24.0 Å². The van der Waals surface area contributed by atoms with Gasteiger partial charge < -0.3 is 9.64 Å². The zero-order valence-electron chi connectivity index (χ0n) is 14.8. The van der Waals surface area contributed by atoms with Gasteiger partial charge in [0.15, 0.2) is 0 Å². The Kier molecular flexibility index (Phi) is 4.53. The summed E-state index contributed by atoms with van der Waals surface area (Å²) in [5.41, 5.74) is 2.13. The van der Waals surface area contributed by atoms with Crippen LogP contribution >= 0.6 is 11.3 Å². The third-order valence-corrected chi connectivity index (χ3v) is 6.42. The Morgan fingerprint density at radius 3 is 2.81 bits per heavy atom. The summed E-state index contributed by atoms with van der Waals surface area (Å²) in [4.78, 5) is 32.7. The fourth-order valence-corrected chi connectivity index (χ4v) is 5.22. The number of rotatable bonds is 5. The van der Waals surface area contributed by atoms with Gasteiger partial charge in [-0.3, -0.25) is 14.6 Å². The molecule has 5 nitrogen and oxygen atoms in total. The maximum atomic E-state index is 13.0. The van der Waals surface area contributed by atoms with Crippen molar-refractivity contribution in [2.45, 2.75) is 44.7 Å². The fourth-order valence-electron chi connectivity index (χ4n) is 4.65. The highest BCUT2D eigenvalue weighted by Crippen LogP contribution is 2.52. The van der Waals surface area contributed by atoms with Crippen molar-refractivity contribution < 1.29 is 14.3 Å². The lowest BCUT2D eigenvalue weighted by Crippen LogP contribution is -2.47.